The zero-order valence-corrected chi connectivity index (χ0v) is 16.4. The van der Waals surface area contributed by atoms with E-state index in [1.54, 1.807) is 16.7 Å². The van der Waals surface area contributed by atoms with Gasteiger partial charge in [-0.1, -0.05) is 0 Å². The number of halogens is 1. The summed E-state index contributed by atoms with van der Waals surface area (Å²) < 4.78 is 7.27. The highest BCUT2D eigenvalue weighted by Gasteiger charge is 2.22. The molecule has 0 radical (unpaired) electrons. The molecule has 142 valence electrons. The van der Waals surface area contributed by atoms with Crippen molar-refractivity contribution in [3.8, 4) is 11.5 Å². The van der Waals surface area contributed by atoms with Gasteiger partial charge in [-0.05, 0) is 69.9 Å². The predicted molar refractivity (Wildman–Crippen MR) is 108 cm³/mol. The van der Waals surface area contributed by atoms with Crippen molar-refractivity contribution in [1.29, 1.82) is 0 Å². The monoisotopic (exact) mass is 442 g/mol. The average Bonchev–Trinajstić information content (AvgIpc) is 3.07. The van der Waals surface area contributed by atoms with Crippen LogP contribution >= 0.6 is 15.9 Å². The number of aromatic carboxylic acids is 1. The Morgan fingerprint density at radius 2 is 2.11 bits per heavy atom. The van der Waals surface area contributed by atoms with Crippen LogP contribution in [0.5, 0.6) is 11.5 Å². The number of ether oxygens (including phenoxy) is 1. The molecule has 28 heavy (non-hydrogen) atoms. The fourth-order valence-electron chi connectivity index (χ4n) is 3.32. The zero-order chi connectivity index (χ0) is 20.0. The number of aromatic hydroxyl groups is 1. The average molecular weight is 443 g/mol. The molecule has 2 heterocycles. The Balaban J connectivity index is 1.88. The van der Waals surface area contributed by atoms with E-state index < -0.39 is 5.97 Å². The van der Waals surface area contributed by atoms with Gasteiger partial charge in [0.1, 0.15) is 5.82 Å². The fraction of sp³-hybridized carbons (Fsp3) is 0.150. The van der Waals surface area contributed by atoms with Gasteiger partial charge in [0.2, 0.25) is 0 Å². The van der Waals surface area contributed by atoms with Gasteiger partial charge in [0.25, 0.3) is 5.56 Å². The first-order valence-electron chi connectivity index (χ1n) is 8.44. The number of carbonyl (C=O) groups is 1. The van der Waals surface area contributed by atoms with E-state index in [-0.39, 0.29) is 16.9 Å². The third-order valence-electron chi connectivity index (χ3n) is 4.71. The zero-order valence-electron chi connectivity index (χ0n) is 14.8. The largest absolute Gasteiger partial charge is 0.503 e. The van der Waals surface area contributed by atoms with Gasteiger partial charge in [0.05, 0.1) is 28.0 Å². The molecule has 0 bridgehead atoms. The summed E-state index contributed by atoms with van der Waals surface area (Å²) in [6.45, 7) is 0.500. The minimum absolute atomic E-state index is 0.0120. The van der Waals surface area contributed by atoms with E-state index in [0.29, 0.717) is 39.9 Å². The van der Waals surface area contributed by atoms with Crippen LogP contribution in [0.3, 0.4) is 0 Å². The van der Waals surface area contributed by atoms with Gasteiger partial charge in [-0.15, -0.1) is 0 Å². The first kappa shape index (κ1) is 18.2. The van der Waals surface area contributed by atoms with Crippen molar-refractivity contribution in [2.45, 2.75) is 13.0 Å². The summed E-state index contributed by atoms with van der Waals surface area (Å²) >= 11 is 3.30. The predicted octanol–water partition coefficient (Wildman–Crippen LogP) is 3.52. The van der Waals surface area contributed by atoms with Gasteiger partial charge < -0.3 is 14.9 Å². The van der Waals surface area contributed by atoms with Crippen LogP contribution in [0.1, 0.15) is 28.2 Å². The van der Waals surface area contributed by atoms with Crippen LogP contribution in [0.25, 0.3) is 22.6 Å². The molecule has 0 aliphatic carbocycles. The van der Waals surface area contributed by atoms with Crippen LogP contribution in [0.2, 0.25) is 0 Å². The second-order valence-electron chi connectivity index (χ2n) is 6.40. The number of phenols is 1. The number of benzene rings is 2. The maximum absolute atomic E-state index is 12.8. The number of hydrogen-bond acceptors (Lipinski definition) is 5. The molecule has 4 rings (SSSR count). The molecule has 0 saturated heterocycles. The fourth-order valence-corrected chi connectivity index (χ4v) is 3.78. The van der Waals surface area contributed by atoms with Gasteiger partial charge in [-0.25, -0.2) is 9.78 Å². The van der Waals surface area contributed by atoms with Crippen molar-refractivity contribution in [3.05, 3.63) is 62.1 Å². The van der Waals surface area contributed by atoms with Gasteiger partial charge in [-0.3, -0.25) is 9.36 Å². The summed E-state index contributed by atoms with van der Waals surface area (Å²) in [5.41, 5.74) is 1.87. The molecule has 0 spiro atoms. The number of carboxylic acids is 1. The minimum Gasteiger partial charge on any atom is -0.503 e. The van der Waals surface area contributed by atoms with E-state index in [2.05, 4.69) is 20.9 Å². The van der Waals surface area contributed by atoms with Crippen molar-refractivity contribution in [2.24, 2.45) is 0 Å². The summed E-state index contributed by atoms with van der Waals surface area (Å²) in [6, 6.07) is 7.76. The highest BCUT2D eigenvalue weighted by Crippen LogP contribution is 2.37. The molecule has 1 aliphatic rings. The van der Waals surface area contributed by atoms with Gasteiger partial charge >= 0.3 is 5.97 Å². The lowest BCUT2D eigenvalue weighted by atomic mass is 10.1. The molecule has 2 N–H and O–H groups in total. The maximum Gasteiger partial charge on any atom is 0.335 e. The van der Waals surface area contributed by atoms with E-state index in [1.807, 2.05) is 6.08 Å². The first-order chi connectivity index (χ1) is 13.4. The van der Waals surface area contributed by atoms with Crippen molar-refractivity contribution in [1.82, 2.24) is 9.55 Å². The quantitative estimate of drug-likeness (QED) is 0.643. The second-order valence-corrected chi connectivity index (χ2v) is 7.26. The summed E-state index contributed by atoms with van der Waals surface area (Å²) in [5.74, 6) is -0.212. The Bertz CT molecular complexity index is 1230. The third-order valence-corrected chi connectivity index (χ3v) is 5.31. The van der Waals surface area contributed by atoms with E-state index in [0.717, 1.165) is 11.1 Å². The Morgan fingerprint density at radius 1 is 1.32 bits per heavy atom. The molecule has 0 saturated carbocycles. The number of fused-ring (bicyclic) bond motifs is 2. The normalized spacial score (nSPS) is 14.4. The molecule has 1 aromatic heterocycles. The number of nitrogens with zero attached hydrogens (tertiary/aromatic N) is 2. The van der Waals surface area contributed by atoms with E-state index in [4.69, 9.17) is 4.74 Å². The smallest absolute Gasteiger partial charge is 0.335 e. The van der Waals surface area contributed by atoms with Crippen molar-refractivity contribution < 1.29 is 19.7 Å². The lowest BCUT2D eigenvalue weighted by molar-refractivity contribution is 0.0697. The molecule has 8 heteroatoms. The van der Waals surface area contributed by atoms with Crippen molar-refractivity contribution in [2.75, 3.05) is 7.11 Å². The van der Waals surface area contributed by atoms with Crippen LogP contribution in [0, 0.1) is 0 Å². The lowest BCUT2D eigenvalue weighted by Crippen LogP contribution is -2.21. The van der Waals surface area contributed by atoms with Crippen LogP contribution < -0.4 is 10.3 Å². The lowest BCUT2D eigenvalue weighted by Gasteiger charge is -2.08. The minimum atomic E-state index is -1.07. The molecule has 0 amide bonds. The summed E-state index contributed by atoms with van der Waals surface area (Å²) in [7, 11) is 1.47. The number of allylic oxidation sites excluding steroid dienone is 1. The molecule has 0 atom stereocenters. The Morgan fingerprint density at radius 3 is 2.82 bits per heavy atom. The van der Waals surface area contributed by atoms with E-state index in [1.165, 1.54) is 25.3 Å². The molecule has 3 aromatic rings. The van der Waals surface area contributed by atoms with Crippen LogP contribution in [0.15, 0.2) is 39.6 Å². The van der Waals surface area contributed by atoms with E-state index in [9.17, 15) is 19.8 Å². The SMILES string of the molecule is COc1cc(/C=C2\CCn3c2nc2cc(C(=O)O)ccc2c3=O)cc(Br)c1O. The van der Waals surface area contributed by atoms with Gasteiger partial charge in [0, 0.05) is 6.54 Å². The van der Waals surface area contributed by atoms with Crippen LogP contribution in [0.4, 0.5) is 0 Å². The topological polar surface area (TPSA) is 102 Å². The number of hydrogen-bond donors (Lipinski definition) is 2. The molecular formula is C20H15BrN2O5. The molecule has 0 unspecified atom stereocenters. The number of rotatable bonds is 3. The number of carboxylic acid groups (broad SMARTS) is 1. The third kappa shape index (κ3) is 2.95. The molecular weight excluding hydrogens is 428 g/mol. The van der Waals surface area contributed by atoms with Crippen LogP contribution in [-0.4, -0.2) is 32.8 Å². The Hall–Kier alpha value is -3.13. The summed E-state index contributed by atoms with van der Waals surface area (Å²) in [4.78, 5) is 28.6. The molecule has 0 fully saturated rings. The maximum atomic E-state index is 12.8. The van der Waals surface area contributed by atoms with Crippen molar-refractivity contribution in [3.63, 3.8) is 0 Å². The summed E-state index contributed by atoms with van der Waals surface area (Å²) in [5, 5.41) is 19.6. The molecule has 1 aliphatic heterocycles. The Kier molecular flexibility index (Phi) is 4.43. The first-order valence-corrected chi connectivity index (χ1v) is 9.23. The second kappa shape index (κ2) is 6.79. The highest BCUT2D eigenvalue weighted by molar-refractivity contribution is 9.10. The van der Waals surface area contributed by atoms with Gasteiger partial charge in [0.15, 0.2) is 11.5 Å². The Labute approximate surface area is 167 Å². The number of methoxy groups -OCH3 is 1. The highest BCUT2D eigenvalue weighted by atomic mass is 79.9. The number of phenolic OH excluding ortho intramolecular Hbond substituents is 1. The van der Waals surface area contributed by atoms with Crippen LogP contribution in [-0.2, 0) is 6.54 Å². The molecule has 2 aromatic carbocycles. The molecule has 7 nitrogen and oxygen atoms in total. The summed E-state index contributed by atoms with van der Waals surface area (Å²) in [6.07, 6.45) is 2.50. The van der Waals surface area contributed by atoms with Gasteiger partial charge in [-0.2, -0.15) is 0 Å². The van der Waals surface area contributed by atoms with Crippen molar-refractivity contribution >= 4 is 44.5 Å². The van der Waals surface area contributed by atoms with E-state index >= 15 is 0 Å². The standard InChI is InChI=1S/C20H15BrN2O5/c1-28-16-8-10(7-14(21)17(16)24)6-11-4-5-23-18(11)22-15-9-12(20(26)27)2-3-13(15)19(23)25/h2-3,6-9,24H,4-5H2,1H3,(H,26,27)/b11-6+. The number of aromatic nitrogens is 2.